The van der Waals surface area contributed by atoms with E-state index < -0.39 is 0 Å². The lowest BCUT2D eigenvalue weighted by molar-refractivity contribution is 0.634. The highest BCUT2D eigenvalue weighted by Crippen LogP contribution is 2.19. The number of thiocarbonyl (C=S) groups is 1. The molecule has 0 atom stereocenters. The number of aromatic nitrogens is 1. The third kappa shape index (κ3) is 3.64. The quantitative estimate of drug-likeness (QED) is 0.821. The first-order valence-electron chi connectivity index (χ1n) is 5.85. The molecule has 0 aromatic carbocycles. The Kier molecular flexibility index (Phi) is 4.34. The lowest BCUT2D eigenvalue weighted by Gasteiger charge is -2.15. The second-order valence-electron chi connectivity index (χ2n) is 4.40. The van der Waals surface area contributed by atoms with Gasteiger partial charge >= 0.3 is 0 Å². The normalized spacial score (nSPS) is 15.9. The molecule has 0 spiro atoms. The summed E-state index contributed by atoms with van der Waals surface area (Å²) < 4.78 is 1.01. The number of halogens is 1. The predicted molar refractivity (Wildman–Crippen MR) is 78.3 cm³/mol. The van der Waals surface area contributed by atoms with Crippen LogP contribution in [0.5, 0.6) is 0 Å². The van der Waals surface area contributed by atoms with Crippen molar-refractivity contribution in [3.63, 3.8) is 0 Å². The zero-order valence-electron chi connectivity index (χ0n) is 9.79. The summed E-state index contributed by atoms with van der Waals surface area (Å²) in [6.45, 7) is 2.03. The summed E-state index contributed by atoms with van der Waals surface area (Å²) in [5, 5.41) is 7.13. The van der Waals surface area contributed by atoms with Crippen LogP contribution < -0.4 is 10.6 Å². The zero-order valence-corrected chi connectivity index (χ0v) is 12.2. The van der Waals surface area contributed by atoms with E-state index in [9.17, 15) is 0 Å². The molecule has 1 fully saturated rings. The first-order valence-corrected chi connectivity index (χ1v) is 7.05. The van der Waals surface area contributed by atoms with Crippen LogP contribution in [0.25, 0.3) is 0 Å². The number of hydrogen-bond donors (Lipinski definition) is 2. The molecule has 1 aromatic rings. The SMILES string of the molecule is Cc1cc(NC(=S)NC2CCCC2)ncc1Br. The van der Waals surface area contributed by atoms with Crippen LogP contribution in [-0.4, -0.2) is 16.1 Å². The fourth-order valence-electron chi connectivity index (χ4n) is 2.02. The average Bonchev–Trinajstić information content (AvgIpc) is 2.76. The molecule has 3 nitrogen and oxygen atoms in total. The Bertz CT molecular complexity index is 416. The van der Waals surface area contributed by atoms with Crippen molar-refractivity contribution in [2.75, 3.05) is 5.32 Å². The van der Waals surface area contributed by atoms with Crippen LogP contribution in [0.1, 0.15) is 31.2 Å². The summed E-state index contributed by atoms with van der Waals surface area (Å²) in [6, 6.07) is 2.51. The summed E-state index contributed by atoms with van der Waals surface area (Å²) in [6.07, 6.45) is 6.82. The Hall–Kier alpha value is -0.680. The molecule has 2 rings (SSSR count). The van der Waals surface area contributed by atoms with Crippen LogP contribution in [0.4, 0.5) is 5.82 Å². The van der Waals surface area contributed by atoms with E-state index in [2.05, 4.69) is 31.5 Å². The number of hydrogen-bond acceptors (Lipinski definition) is 2. The van der Waals surface area contributed by atoms with E-state index in [-0.39, 0.29) is 0 Å². The molecule has 0 amide bonds. The highest BCUT2D eigenvalue weighted by molar-refractivity contribution is 9.10. The second kappa shape index (κ2) is 5.78. The molecule has 0 saturated heterocycles. The molecule has 1 aromatic heterocycles. The Morgan fingerprint density at radius 3 is 2.82 bits per heavy atom. The maximum Gasteiger partial charge on any atom is 0.172 e. The van der Waals surface area contributed by atoms with Gasteiger partial charge < -0.3 is 10.6 Å². The third-order valence-corrected chi connectivity index (χ3v) is 4.03. The van der Waals surface area contributed by atoms with Crippen molar-refractivity contribution < 1.29 is 0 Å². The molecular formula is C12H16BrN3S. The molecule has 92 valence electrons. The van der Waals surface area contributed by atoms with Crippen molar-refractivity contribution in [3.05, 3.63) is 22.3 Å². The van der Waals surface area contributed by atoms with Crippen LogP contribution in [0.3, 0.4) is 0 Å². The summed E-state index contributed by atoms with van der Waals surface area (Å²) in [4.78, 5) is 4.27. The van der Waals surface area contributed by atoms with Crippen LogP contribution >= 0.6 is 28.1 Å². The number of pyridine rings is 1. The lowest BCUT2D eigenvalue weighted by Crippen LogP contribution is -2.36. The minimum atomic E-state index is 0.534. The molecular weight excluding hydrogens is 298 g/mol. The minimum absolute atomic E-state index is 0.534. The van der Waals surface area contributed by atoms with Crippen molar-refractivity contribution in [1.82, 2.24) is 10.3 Å². The van der Waals surface area contributed by atoms with Gasteiger partial charge in [-0.3, -0.25) is 0 Å². The number of anilines is 1. The minimum Gasteiger partial charge on any atom is -0.360 e. The van der Waals surface area contributed by atoms with Gasteiger partial charge in [0.1, 0.15) is 5.82 Å². The molecule has 0 unspecified atom stereocenters. The van der Waals surface area contributed by atoms with Crippen LogP contribution in [0.15, 0.2) is 16.7 Å². The van der Waals surface area contributed by atoms with Gasteiger partial charge in [-0.05, 0) is 59.5 Å². The van der Waals surface area contributed by atoms with Gasteiger partial charge in [-0.25, -0.2) is 4.98 Å². The maximum absolute atomic E-state index is 5.27. The standard InChI is InChI=1S/C12H16BrN3S/c1-8-6-11(14-7-10(8)13)16-12(17)15-9-4-2-3-5-9/h6-7,9H,2-5H2,1H3,(H2,14,15,16,17). The smallest absolute Gasteiger partial charge is 0.172 e. The van der Waals surface area contributed by atoms with Gasteiger partial charge in [0.25, 0.3) is 0 Å². The van der Waals surface area contributed by atoms with Crippen LogP contribution in [0, 0.1) is 6.92 Å². The Morgan fingerprint density at radius 2 is 2.18 bits per heavy atom. The monoisotopic (exact) mass is 313 g/mol. The topological polar surface area (TPSA) is 37.0 Å². The number of nitrogens with zero attached hydrogens (tertiary/aromatic N) is 1. The highest BCUT2D eigenvalue weighted by atomic mass is 79.9. The summed E-state index contributed by atoms with van der Waals surface area (Å²) in [5.41, 5.74) is 1.14. The molecule has 1 saturated carbocycles. The van der Waals surface area contributed by atoms with Crippen LogP contribution in [0.2, 0.25) is 0 Å². The fraction of sp³-hybridized carbons (Fsp3) is 0.500. The van der Waals surface area contributed by atoms with E-state index >= 15 is 0 Å². The molecule has 1 aliphatic carbocycles. The molecule has 1 heterocycles. The van der Waals surface area contributed by atoms with Gasteiger partial charge in [0, 0.05) is 16.7 Å². The molecule has 0 radical (unpaired) electrons. The molecule has 0 bridgehead atoms. The van der Waals surface area contributed by atoms with Crippen LogP contribution in [-0.2, 0) is 0 Å². The van der Waals surface area contributed by atoms with E-state index in [0.717, 1.165) is 15.9 Å². The Morgan fingerprint density at radius 1 is 1.47 bits per heavy atom. The van der Waals surface area contributed by atoms with Crippen molar-refractivity contribution in [3.8, 4) is 0 Å². The Labute approximate surface area is 116 Å². The lowest BCUT2D eigenvalue weighted by atomic mass is 10.2. The van der Waals surface area contributed by atoms with Gasteiger partial charge in [-0.1, -0.05) is 12.8 Å². The Balaban J connectivity index is 1.90. The van der Waals surface area contributed by atoms with Gasteiger partial charge in [0.05, 0.1) is 0 Å². The van der Waals surface area contributed by atoms with E-state index in [1.165, 1.54) is 25.7 Å². The number of nitrogens with one attached hydrogen (secondary N) is 2. The van der Waals surface area contributed by atoms with Gasteiger partial charge in [-0.2, -0.15) is 0 Å². The molecule has 2 N–H and O–H groups in total. The maximum atomic E-state index is 5.27. The predicted octanol–water partition coefficient (Wildman–Crippen LogP) is 3.38. The van der Waals surface area contributed by atoms with Gasteiger partial charge in [-0.15, -0.1) is 0 Å². The van der Waals surface area contributed by atoms with Crippen molar-refractivity contribution in [2.45, 2.75) is 38.6 Å². The van der Waals surface area contributed by atoms with E-state index in [1.54, 1.807) is 6.20 Å². The van der Waals surface area contributed by atoms with Crippen molar-refractivity contribution in [2.24, 2.45) is 0 Å². The van der Waals surface area contributed by atoms with Crippen molar-refractivity contribution in [1.29, 1.82) is 0 Å². The summed E-state index contributed by atoms with van der Waals surface area (Å²) >= 11 is 8.70. The summed E-state index contributed by atoms with van der Waals surface area (Å²) in [7, 11) is 0. The largest absolute Gasteiger partial charge is 0.360 e. The third-order valence-electron chi connectivity index (χ3n) is 2.98. The highest BCUT2D eigenvalue weighted by Gasteiger charge is 2.15. The number of rotatable bonds is 2. The van der Waals surface area contributed by atoms with E-state index in [1.807, 2.05) is 13.0 Å². The van der Waals surface area contributed by atoms with E-state index in [0.29, 0.717) is 11.2 Å². The van der Waals surface area contributed by atoms with E-state index in [4.69, 9.17) is 12.2 Å². The van der Waals surface area contributed by atoms with Gasteiger partial charge in [0.2, 0.25) is 0 Å². The molecule has 5 heteroatoms. The average molecular weight is 314 g/mol. The van der Waals surface area contributed by atoms with Crippen molar-refractivity contribution >= 4 is 39.1 Å². The number of aryl methyl sites for hydroxylation is 1. The molecule has 0 aliphatic heterocycles. The molecule has 1 aliphatic rings. The zero-order chi connectivity index (χ0) is 12.3. The first kappa shape index (κ1) is 12.8. The fourth-order valence-corrected chi connectivity index (χ4v) is 2.50. The first-order chi connectivity index (χ1) is 8.15. The second-order valence-corrected chi connectivity index (χ2v) is 5.66. The van der Waals surface area contributed by atoms with Gasteiger partial charge in [0.15, 0.2) is 5.11 Å². The molecule has 17 heavy (non-hydrogen) atoms. The summed E-state index contributed by atoms with van der Waals surface area (Å²) in [5.74, 6) is 0.793.